The Bertz CT molecular complexity index is 211. The molecule has 3 heteroatoms. The molecule has 2 rings (SSSR count). The van der Waals surface area contributed by atoms with Gasteiger partial charge in [-0.3, -0.25) is 4.79 Å². The fourth-order valence-electron chi connectivity index (χ4n) is 2.16. The summed E-state index contributed by atoms with van der Waals surface area (Å²) in [7, 11) is 1.89. The number of nitrogens with zero attached hydrogens (tertiary/aromatic N) is 1. The van der Waals surface area contributed by atoms with Crippen molar-refractivity contribution in [1.29, 1.82) is 0 Å². The zero-order valence-electron chi connectivity index (χ0n) is 7.76. The number of carbonyl (C=O) groups excluding carboxylic acids is 1. The standard InChI is InChI=1S/C9H16N2O/c1-9(3-4-10-9)7-5-8(12)11(2)6-7/h7,10H,3-6H2,1-2H3. The Morgan fingerprint density at radius 3 is 2.67 bits per heavy atom. The van der Waals surface area contributed by atoms with E-state index in [1.54, 1.807) is 0 Å². The minimum absolute atomic E-state index is 0.250. The van der Waals surface area contributed by atoms with Crippen molar-refractivity contribution in [2.45, 2.75) is 25.3 Å². The van der Waals surface area contributed by atoms with Gasteiger partial charge in [-0.1, -0.05) is 0 Å². The molecule has 0 radical (unpaired) electrons. The summed E-state index contributed by atoms with van der Waals surface area (Å²) >= 11 is 0. The number of likely N-dealkylation sites (tertiary alicyclic amines) is 1. The van der Waals surface area contributed by atoms with E-state index < -0.39 is 0 Å². The molecule has 0 aromatic heterocycles. The second-order valence-corrected chi connectivity index (χ2v) is 4.27. The topological polar surface area (TPSA) is 32.3 Å². The van der Waals surface area contributed by atoms with Crippen molar-refractivity contribution in [2.75, 3.05) is 20.1 Å². The van der Waals surface area contributed by atoms with Gasteiger partial charge in [0.05, 0.1) is 0 Å². The lowest BCUT2D eigenvalue weighted by Gasteiger charge is -2.44. The highest BCUT2D eigenvalue weighted by atomic mass is 16.2. The normalized spacial score (nSPS) is 41.7. The van der Waals surface area contributed by atoms with Gasteiger partial charge in [0, 0.05) is 31.5 Å². The van der Waals surface area contributed by atoms with Crippen molar-refractivity contribution in [2.24, 2.45) is 5.92 Å². The third kappa shape index (κ3) is 1.04. The maximum Gasteiger partial charge on any atom is 0.222 e. The second-order valence-electron chi connectivity index (χ2n) is 4.27. The van der Waals surface area contributed by atoms with Gasteiger partial charge in [0.25, 0.3) is 0 Å². The van der Waals surface area contributed by atoms with E-state index in [2.05, 4.69) is 12.2 Å². The molecular formula is C9H16N2O. The predicted octanol–water partition coefficient (Wildman–Crippen LogP) is 0.217. The molecule has 2 fully saturated rings. The summed E-state index contributed by atoms with van der Waals surface area (Å²) in [6.07, 6.45) is 1.96. The van der Waals surface area contributed by atoms with Crippen LogP contribution in [0.5, 0.6) is 0 Å². The van der Waals surface area contributed by atoms with Gasteiger partial charge in [-0.25, -0.2) is 0 Å². The largest absolute Gasteiger partial charge is 0.345 e. The molecule has 0 aliphatic carbocycles. The molecule has 3 nitrogen and oxygen atoms in total. The first-order valence-electron chi connectivity index (χ1n) is 4.61. The van der Waals surface area contributed by atoms with Gasteiger partial charge < -0.3 is 10.2 Å². The average Bonchev–Trinajstić information content (AvgIpc) is 2.28. The predicted molar refractivity (Wildman–Crippen MR) is 46.8 cm³/mol. The molecule has 2 atom stereocenters. The highest BCUT2D eigenvalue weighted by Crippen LogP contribution is 2.33. The van der Waals surface area contributed by atoms with Crippen LogP contribution in [-0.2, 0) is 4.79 Å². The van der Waals surface area contributed by atoms with Crippen LogP contribution in [-0.4, -0.2) is 36.5 Å². The zero-order chi connectivity index (χ0) is 8.77. The van der Waals surface area contributed by atoms with Crippen LogP contribution in [0.2, 0.25) is 0 Å². The van der Waals surface area contributed by atoms with Crippen LogP contribution in [0.4, 0.5) is 0 Å². The summed E-state index contributed by atoms with van der Waals surface area (Å²) in [5.41, 5.74) is 0.250. The van der Waals surface area contributed by atoms with Gasteiger partial charge in [-0.05, 0) is 19.9 Å². The summed E-state index contributed by atoms with van der Waals surface area (Å²) in [5, 5.41) is 3.43. The molecule has 0 bridgehead atoms. The maximum absolute atomic E-state index is 11.3. The minimum atomic E-state index is 0.250. The van der Waals surface area contributed by atoms with Crippen LogP contribution in [0.15, 0.2) is 0 Å². The Hall–Kier alpha value is -0.570. The van der Waals surface area contributed by atoms with E-state index in [9.17, 15) is 4.79 Å². The molecule has 0 aromatic rings. The highest BCUT2D eigenvalue weighted by molar-refractivity contribution is 5.78. The Labute approximate surface area is 73.1 Å². The zero-order valence-corrected chi connectivity index (χ0v) is 7.76. The van der Waals surface area contributed by atoms with Crippen molar-refractivity contribution in [1.82, 2.24) is 10.2 Å². The highest BCUT2D eigenvalue weighted by Gasteiger charge is 2.44. The summed E-state index contributed by atoms with van der Waals surface area (Å²) in [4.78, 5) is 13.1. The van der Waals surface area contributed by atoms with E-state index in [0.717, 1.165) is 19.5 Å². The molecule has 2 aliphatic rings. The van der Waals surface area contributed by atoms with Crippen LogP contribution in [0.25, 0.3) is 0 Å². The van der Waals surface area contributed by atoms with Crippen molar-refractivity contribution >= 4 is 5.91 Å². The Morgan fingerprint density at radius 2 is 2.33 bits per heavy atom. The smallest absolute Gasteiger partial charge is 0.222 e. The van der Waals surface area contributed by atoms with E-state index in [0.29, 0.717) is 11.8 Å². The molecule has 1 N–H and O–H groups in total. The molecule has 12 heavy (non-hydrogen) atoms. The van der Waals surface area contributed by atoms with Gasteiger partial charge in [0.15, 0.2) is 0 Å². The van der Waals surface area contributed by atoms with Crippen LogP contribution in [0.1, 0.15) is 19.8 Å². The number of rotatable bonds is 1. The maximum atomic E-state index is 11.3. The second kappa shape index (κ2) is 2.46. The lowest BCUT2D eigenvalue weighted by Crippen LogP contribution is -2.59. The van der Waals surface area contributed by atoms with E-state index in [-0.39, 0.29) is 5.54 Å². The lowest BCUT2D eigenvalue weighted by molar-refractivity contribution is -0.126. The lowest BCUT2D eigenvalue weighted by atomic mass is 9.77. The molecule has 0 spiro atoms. The Balaban J connectivity index is 2.03. The number of hydrogen-bond acceptors (Lipinski definition) is 2. The van der Waals surface area contributed by atoms with Crippen LogP contribution in [0, 0.1) is 5.92 Å². The van der Waals surface area contributed by atoms with Gasteiger partial charge in [0.2, 0.25) is 5.91 Å². The van der Waals surface area contributed by atoms with Crippen molar-refractivity contribution in [3.05, 3.63) is 0 Å². The van der Waals surface area contributed by atoms with Crippen LogP contribution < -0.4 is 5.32 Å². The van der Waals surface area contributed by atoms with Crippen molar-refractivity contribution in [3.63, 3.8) is 0 Å². The number of nitrogens with one attached hydrogen (secondary N) is 1. The first kappa shape index (κ1) is 8.05. The summed E-state index contributed by atoms with van der Waals surface area (Å²) in [6.45, 7) is 4.28. The van der Waals surface area contributed by atoms with E-state index in [1.165, 1.54) is 6.42 Å². The van der Waals surface area contributed by atoms with E-state index in [4.69, 9.17) is 0 Å². The summed E-state index contributed by atoms with van der Waals surface area (Å²) < 4.78 is 0. The number of hydrogen-bond donors (Lipinski definition) is 1. The van der Waals surface area contributed by atoms with Crippen molar-refractivity contribution < 1.29 is 4.79 Å². The molecule has 2 aliphatic heterocycles. The molecule has 68 valence electrons. The minimum Gasteiger partial charge on any atom is -0.345 e. The van der Waals surface area contributed by atoms with Gasteiger partial charge >= 0.3 is 0 Å². The monoisotopic (exact) mass is 168 g/mol. The molecule has 0 aromatic carbocycles. The molecular weight excluding hydrogens is 152 g/mol. The summed E-state index contributed by atoms with van der Waals surface area (Å²) in [5.74, 6) is 0.832. The fraction of sp³-hybridized carbons (Fsp3) is 0.889. The Kier molecular flexibility index (Phi) is 1.65. The first-order valence-corrected chi connectivity index (χ1v) is 4.61. The van der Waals surface area contributed by atoms with Gasteiger partial charge in [-0.15, -0.1) is 0 Å². The number of amides is 1. The van der Waals surface area contributed by atoms with Gasteiger partial charge in [0.1, 0.15) is 0 Å². The molecule has 1 amide bonds. The van der Waals surface area contributed by atoms with Crippen LogP contribution >= 0.6 is 0 Å². The fourth-order valence-corrected chi connectivity index (χ4v) is 2.16. The molecule has 2 heterocycles. The number of carbonyl (C=O) groups is 1. The van der Waals surface area contributed by atoms with E-state index in [1.807, 2.05) is 11.9 Å². The first-order chi connectivity index (χ1) is 5.62. The Morgan fingerprint density at radius 1 is 1.67 bits per heavy atom. The van der Waals surface area contributed by atoms with E-state index >= 15 is 0 Å². The molecule has 2 unspecified atom stereocenters. The SMILES string of the molecule is CN1CC(C2(C)CCN2)CC1=O. The third-order valence-corrected chi connectivity index (χ3v) is 3.42. The van der Waals surface area contributed by atoms with Gasteiger partial charge in [-0.2, -0.15) is 0 Å². The molecule has 0 saturated carbocycles. The average molecular weight is 168 g/mol. The van der Waals surface area contributed by atoms with Crippen LogP contribution in [0.3, 0.4) is 0 Å². The quantitative estimate of drug-likeness (QED) is 0.607. The third-order valence-electron chi connectivity index (χ3n) is 3.42. The van der Waals surface area contributed by atoms with Crippen molar-refractivity contribution in [3.8, 4) is 0 Å². The molecule has 2 saturated heterocycles. The summed E-state index contributed by atoms with van der Waals surface area (Å²) in [6, 6.07) is 0.